The van der Waals surface area contributed by atoms with Crippen LogP contribution in [0.25, 0.3) is 10.9 Å². The summed E-state index contributed by atoms with van der Waals surface area (Å²) in [5.74, 6) is -1.75. The molecule has 0 spiro atoms. The lowest BCUT2D eigenvalue weighted by Gasteiger charge is -2.12. The topological polar surface area (TPSA) is 79.3 Å². The fourth-order valence-electron chi connectivity index (χ4n) is 2.64. The minimum absolute atomic E-state index is 0.0829. The lowest BCUT2D eigenvalue weighted by Crippen LogP contribution is -2.14. The van der Waals surface area contributed by atoms with Gasteiger partial charge in [-0.3, -0.25) is 14.6 Å². The van der Waals surface area contributed by atoms with Crippen molar-refractivity contribution in [2.45, 2.75) is 12.6 Å². The smallest absolute Gasteiger partial charge is 0.417 e. The highest BCUT2D eigenvalue weighted by molar-refractivity contribution is 6.31. The van der Waals surface area contributed by atoms with E-state index in [1.54, 1.807) is 18.2 Å². The minimum atomic E-state index is -4.66. The first kappa shape index (κ1) is 19.6. The van der Waals surface area contributed by atoms with Gasteiger partial charge in [-0.05, 0) is 30.3 Å². The second-order valence-electron chi connectivity index (χ2n) is 5.90. The first-order valence-corrected chi connectivity index (χ1v) is 8.31. The Hall–Kier alpha value is -3.13. The molecule has 0 aliphatic rings. The molecule has 0 saturated heterocycles. The van der Waals surface area contributed by atoms with E-state index in [-0.39, 0.29) is 28.9 Å². The fourth-order valence-corrected chi connectivity index (χ4v) is 2.87. The van der Waals surface area contributed by atoms with Crippen LogP contribution in [-0.2, 0) is 17.4 Å². The molecule has 1 heterocycles. The summed E-state index contributed by atoms with van der Waals surface area (Å²) < 4.78 is 39.0. The van der Waals surface area contributed by atoms with E-state index in [1.165, 1.54) is 18.2 Å². The van der Waals surface area contributed by atoms with Gasteiger partial charge in [-0.2, -0.15) is 13.2 Å². The first-order chi connectivity index (χ1) is 13.1. The molecule has 1 aromatic heterocycles. The number of carboxylic acids is 1. The average molecular weight is 409 g/mol. The molecule has 5 nitrogen and oxygen atoms in total. The van der Waals surface area contributed by atoms with Crippen LogP contribution in [0.4, 0.5) is 18.9 Å². The summed E-state index contributed by atoms with van der Waals surface area (Å²) in [6.45, 7) is 0. The average Bonchev–Trinajstić information content (AvgIpc) is 2.61. The summed E-state index contributed by atoms with van der Waals surface area (Å²) in [6.07, 6.45) is -4.98. The molecule has 0 unspecified atom stereocenters. The summed E-state index contributed by atoms with van der Waals surface area (Å²) in [5.41, 5.74) is -0.532. The zero-order valence-corrected chi connectivity index (χ0v) is 14.8. The lowest BCUT2D eigenvalue weighted by atomic mass is 10.1. The van der Waals surface area contributed by atoms with Gasteiger partial charge in [0.25, 0.3) is 5.91 Å². The number of alkyl halides is 3. The predicted molar refractivity (Wildman–Crippen MR) is 97.5 cm³/mol. The number of nitrogens with zero attached hydrogens (tertiary/aromatic N) is 1. The van der Waals surface area contributed by atoms with E-state index in [0.29, 0.717) is 5.39 Å². The van der Waals surface area contributed by atoms with Gasteiger partial charge in [0.1, 0.15) is 0 Å². The van der Waals surface area contributed by atoms with Crippen LogP contribution in [0.3, 0.4) is 0 Å². The van der Waals surface area contributed by atoms with Crippen molar-refractivity contribution in [1.82, 2.24) is 4.98 Å². The molecule has 1 amide bonds. The monoisotopic (exact) mass is 408 g/mol. The van der Waals surface area contributed by atoms with Crippen molar-refractivity contribution in [2.75, 3.05) is 5.32 Å². The molecule has 0 atom stereocenters. The van der Waals surface area contributed by atoms with Gasteiger partial charge >= 0.3 is 12.1 Å². The van der Waals surface area contributed by atoms with E-state index in [4.69, 9.17) is 16.7 Å². The van der Waals surface area contributed by atoms with Gasteiger partial charge in [0.15, 0.2) is 0 Å². The Morgan fingerprint density at radius 2 is 1.86 bits per heavy atom. The van der Waals surface area contributed by atoms with Crippen molar-refractivity contribution < 1.29 is 27.9 Å². The van der Waals surface area contributed by atoms with Crippen molar-refractivity contribution >= 4 is 40.1 Å². The molecule has 2 aromatic carbocycles. The molecule has 0 aliphatic carbocycles. The van der Waals surface area contributed by atoms with E-state index in [9.17, 15) is 22.8 Å². The van der Waals surface area contributed by atoms with Gasteiger partial charge < -0.3 is 10.4 Å². The van der Waals surface area contributed by atoms with Crippen molar-refractivity contribution in [3.8, 4) is 0 Å². The van der Waals surface area contributed by atoms with Gasteiger partial charge in [0.2, 0.25) is 0 Å². The third-order valence-electron chi connectivity index (χ3n) is 3.88. The van der Waals surface area contributed by atoms with Crippen LogP contribution in [0.15, 0.2) is 48.5 Å². The largest absolute Gasteiger partial charge is 0.481 e. The maximum Gasteiger partial charge on any atom is 0.417 e. The Morgan fingerprint density at radius 3 is 2.54 bits per heavy atom. The number of carbonyl (C=O) groups is 2. The Bertz CT molecular complexity index is 1080. The van der Waals surface area contributed by atoms with E-state index >= 15 is 0 Å². The molecular formula is C19H12ClF3N2O3. The lowest BCUT2D eigenvalue weighted by molar-refractivity contribution is -0.138. The number of para-hydroxylation sites is 1. The predicted octanol–water partition coefficient (Wildman–Crippen LogP) is 4.79. The van der Waals surface area contributed by atoms with Crippen molar-refractivity contribution in [3.05, 3.63) is 70.4 Å². The summed E-state index contributed by atoms with van der Waals surface area (Å²) in [6, 6.07) is 10.9. The normalized spacial score (nSPS) is 11.4. The van der Waals surface area contributed by atoms with Gasteiger partial charge in [-0.25, -0.2) is 0 Å². The molecular weight excluding hydrogens is 397 g/mol. The molecule has 0 bridgehead atoms. The number of halogens is 4. The van der Waals surface area contributed by atoms with Gasteiger partial charge in [-0.15, -0.1) is 0 Å². The summed E-state index contributed by atoms with van der Waals surface area (Å²) >= 11 is 5.58. The number of aromatic nitrogens is 1. The highest BCUT2D eigenvalue weighted by Gasteiger charge is 2.33. The Balaban J connectivity index is 1.97. The molecule has 9 heteroatoms. The Morgan fingerprint density at radius 1 is 1.11 bits per heavy atom. The van der Waals surface area contributed by atoms with Crippen LogP contribution in [0.1, 0.15) is 21.6 Å². The first-order valence-electron chi connectivity index (χ1n) is 7.93. The second-order valence-corrected chi connectivity index (χ2v) is 6.30. The zero-order valence-electron chi connectivity index (χ0n) is 14.0. The van der Waals surface area contributed by atoms with Gasteiger partial charge in [-0.1, -0.05) is 29.8 Å². The van der Waals surface area contributed by atoms with E-state index < -0.39 is 28.6 Å². The van der Waals surface area contributed by atoms with Crippen LogP contribution in [-0.4, -0.2) is 22.0 Å². The zero-order chi connectivity index (χ0) is 20.5. The quantitative estimate of drug-likeness (QED) is 0.650. The minimum Gasteiger partial charge on any atom is -0.481 e. The highest BCUT2D eigenvalue weighted by atomic mass is 35.5. The number of amides is 1. The van der Waals surface area contributed by atoms with Crippen LogP contribution < -0.4 is 5.32 Å². The maximum absolute atomic E-state index is 13.0. The summed E-state index contributed by atoms with van der Waals surface area (Å²) in [7, 11) is 0. The molecule has 0 fully saturated rings. The van der Waals surface area contributed by atoms with Crippen molar-refractivity contribution in [1.29, 1.82) is 0 Å². The molecule has 3 aromatic rings. The summed E-state index contributed by atoms with van der Waals surface area (Å²) in [5, 5.41) is 11.4. The third kappa shape index (κ3) is 4.23. The number of rotatable bonds is 4. The number of pyridine rings is 1. The molecule has 3 rings (SSSR count). The number of aliphatic carboxylic acids is 1. The van der Waals surface area contributed by atoms with E-state index in [2.05, 4.69) is 10.3 Å². The third-order valence-corrected chi connectivity index (χ3v) is 4.21. The number of anilines is 1. The Kier molecular flexibility index (Phi) is 5.24. The van der Waals surface area contributed by atoms with Gasteiger partial charge in [0, 0.05) is 11.1 Å². The molecule has 2 N–H and O–H groups in total. The summed E-state index contributed by atoms with van der Waals surface area (Å²) in [4.78, 5) is 27.7. The van der Waals surface area contributed by atoms with E-state index in [0.717, 1.165) is 12.1 Å². The van der Waals surface area contributed by atoms with Crippen LogP contribution in [0.2, 0.25) is 5.02 Å². The number of benzene rings is 2. The van der Waals surface area contributed by atoms with Crippen molar-refractivity contribution in [2.24, 2.45) is 0 Å². The number of fused-ring (bicyclic) bond motifs is 1. The number of hydrogen-bond acceptors (Lipinski definition) is 3. The van der Waals surface area contributed by atoms with Crippen LogP contribution >= 0.6 is 11.6 Å². The molecule has 144 valence electrons. The van der Waals surface area contributed by atoms with Gasteiger partial charge in [0.05, 0.1) is 33.8 Å². The number of hydrogen-bond donors (Lipinski definition) is 2. The molecule has 0 saturated carbocycles. The molecule has 0 radical (unpaired) electrons. The fraction of sp³-hybridized carbons (Fsp3) is 0.105. The highest BCUT2D eigenvalue weighted by Crippen LogP contribution is 2.36. The standard InChI is InChI=1S/C19H12ClF3N2O3/c20-15-7-6-11(8-14(15)19(21,22)23)25-18(28)13-3-1-2-10-4-5-12(9-16(26)27)24-17(10)13/h1-8H,9H2,(H,25,28)(H,26,27). The Labute approximate surface area is 161 Å². The number of carbonyl (C=O) groups excluding carboxylic acids is 1. The molecule has 28 heavy (non-hydrogen) atoms. The maximum atomic E-state index is 13.0. The second kappa shape index (κ2) is 7.47. The number of carboxylic acid groups (broad SMARTS) is 1. The number of nitrogens with one attached hydrogen (secondary N) is 1. The van der Waals surface area contributed by atoms with E-state index in [1.807, 2.05) is 0 Å². The van der Waals surface area contributed by atoms with Crippen LogP contribution in [0, 0.1) is 0 Å². The van der Waals surface area contributed by atoms with Crippen LogP contribution in [0.5, 0.6) is 0 Å². The molecule has 0 aliphatic heterocycles. The SMILES string of the molecule is O=C(O)Cc1ccc2cccc(C(=O)Nc3ccc(Cl)c(C(F)(F)F)c3)c2n1. The van der Waals surface area contributed by atoms with Crippen molar-refractivity contribution in [3.63, 3.8) is 0 Å².